The summed E-state index contributed by atoms with van der Waals surface area (Å²) in [7, 11) is 0. The molecule has 0 unspecified atom stereocenters. The van der Waals surface area contributed by atoms with Crippen LogP contribution < -0.4 is 14.2 Å². The van der Waals surface area contributed by atoms with E-state index in [9.17, 15) is 9.59 Å². The second-order valence-electron chi connectivity index (χ2n) is 8.47. The second kappa shape index (κ2) is 8.26. The summed E-state index contributed by atoms with van der Waals surface area (Å²) in [4.78, 5) is 24.8. The van der Waals surface area contributed by atoms with Crippen LogP contribution in [0, 0.1) is 0 Å². The van der Waals surface area contributed by atoms with Crippen LogP contribution in [0.1, 0.15) is 34.6 Å². The highest BCUT2D eigenvalue weighted by Gasteiger charge is 2.22. The third-order valence-corrected chi connectivity index (χ3v) is 4.41. The molecule has 0 bridgehead atoms. The minimum atomic E-state index is -0.541. The lowest BCUT2D eigenvalue weighted by Gasteiger charge is -2.22. The summed E-state index contributed by atoms with van der Waals surface area (Å²) in [6.45, 7) is 16.4. The first-order chi connectivity index (χ1) is 14.5. The number of carbonyl (C=O) groups is 2. The van der Waals surface area contributed by atoms with Crippen LogP contribution in [0.15, 0.2) is 66.8 Å². The van der Waals surface area contributed by atoms with E-state index >= 15 is 0 Å². The fourth-order valence-electron chi connectivity index (χ4n) is 3.08. The molecule has 31 heavy (non-hydrogen) atoms. The first-order valence-electron chi connectivity index (χ1n) is 9.91. The van der Waals surface area contributed by atoms with Crippen molar-refractivity contribution in [2.24, 2.45) is 0 Å². The molecule has 0 aliphatic heterocycles. The Morgan fingerprint density at radius 3 is 1.65 bits per heavy atom. The van der Waals surface area contributed by atoms with Gasteiger partial charge in [0.25, 0.3) is 0 Å². The van der Waals surface area contributed by atoms with E-state index in [1.807, 2.05) is 45.0 Å². The molecule has 0 fully saturated rings. The van der Waals surface area contributed by atoms with E-state index in [4.69, 9.17) is 14.2 Å². The van der Waals surface area contributed by atoms with E-state index < -0.39 is 17.5 Å². The number of hydrogen-bond donors (Lipinski definition) is 0. The summed E-state index contributed by atoms with van der Waals surface area (Å²) in [6, 6.07) is 12.7. The predicted octanol–water partition coefficient (Wildman–Crippen LogP) is 6.13. The maximum absolute atomic E-state index is 12.4. The summed E-state index contributed by atoms with van der Waals surface area (Å²) >= 11 is 0. The molecule has 3 aromatic carbocycles. The Bertz CT molecular complexity index is 1230. The van der Waals surface area contributed by atoms with Crippen molar-refractivity contribution in [1.82, 2.24) is 0 Å². The molecule has 3 aromatic rings. The van der Waals surface area contributed by atoms with Crippen molar-refractivity contribution in [3.8, 4) is 17.2 Å². The van der Waals surface area contributed by atoms with Crippen LogP contribution in [0.25, 0.3) is 21.5 Å². The van der Waals surface area contributed by atoms with Gasteiger partial charge in [-0.15, -0.1) is 0 Å². The number of ether oxygens (including phenoxy) is 3. The first-order valence-corrected chi connectivity index (χ1v) is 9.91. The lowest BCUT2D eigenvalue weighted by molar-refractivity contribution is -0.130. The van der Waals surface area contributed by atoms with Gasteiger partial charge in [0, 0.05) is 32.7 Å². The van der Waals surface area contributed by atoms with E-state index in [0.29, 0.717) is 38.8 Å². The highest BCUT2D eigenvalue weighted by molar-refractivity contribution is 6.14. The normalized spacial score (nSPS) is 11.3. The molecule has 0 atom stereocenters. The van der Waals surface area contributed by atoms with Crippen LogP contribution in [0.4, 0.5) is 0 Å². The monoisotopic (exact) mass is 418 g/mol. The molecule has 0 heterocycles. The molecule has 0 aliphatic rings. The molecule has 160 valence electrons. The second-order valence-corrected chi connectivity index (χ2v) is 8.47. The van der Waals surface area contributed by atoms with Crippen molar-refractivity contribution >= 4 is 33.5 Å². The van der Waals surface area contributed by atoms with E-state index in [1.165, 1.54) is 0 Å². The Morgan fingerprint density at radius 1 is 0.742 bits per heavy atom. The lowest BCUT2D eigenvalue weighted by atomic mass is 10.00. The summed E-state index contributed by atoms with van der Waals surface area (Å²) < 4.78 is 17.5. The molecule has 5 nitrogen and oxygen atoms in total. The molecule has 0 saturated heterocycles. The molecule has 0 radical (unpaired) electrons. The summed E-state index contributed by atoms with van der Waals surface area (Å²) in [5, 5.41) is 2.46. The summed E-state index contributed by atoms with van der Waals surface area (Å²) in [5.74, 6) is 0.248. The highest BCUT2D eigenvalue weighted by Crippen LogP contribution is 2.44. The Morgan fingerprint density at radius 2 is 1.19 bits per heavy atom. The van der Waals surface area contributed by atoms with Crippen LogP contribution in [-0.4, -0.2) is 17.5 Å². The van der Waals surface area contributed by atoms with Gasteiger partial charge in [0.2, 0.25) is 0 Å². The van der Waals surface area contributed by atoms with Crippen molar-refractivity contribution < 1.29 is 23.8 Å². The smallest absolute Gasteiger partial charge is 0.338 e. The van der Waals surface area contributed by atoms with Crippen molar-refractivity contribution in [2.45, 2.75) is 40.2 Å². The van der Waals surface area contributed by atoms with Gasteiger partial charge in [0.15, 0.2) is 0 Å². The van der Waals surface area contributed by atoms with Crippen LogP contribution in [0.5, 0.6) is 17.2 Å². The van der Waals surface area contributed by atoms with Crippen molar-refractivity contribution in [2.75, 3.05) is 0 Å². The van der Waals surface area contributed by atoms with Gasteiger partial charge in [-0.3, -0.25) is 0 Å². The average Bonchev–Trinajstić information content (AvgIpc) is 2.68. The van der Waals surface area contributed by atoms with Gasteiger partial charge in [0.05, 0.1) is 0 Å². The van der Waals surface area contributed by atoms with Crippen molar-refractivity contribution in [3.05, 3.63) is 66.8 Å². The number of benzene rings is 3. The maximum Gasteiger partial charge on any atom is 0.338 e. The van der Waals surface area contributed by atoms with Crippen LogP contribution >= 0.6 is 0 Å². The number of carbonyl (C=O) groups excluding carboxylic acids is 2. The molecule has 5 heteroatoms. The molecule has 0 aromatic heterocycles. The minimum absolute atomic E-state index is 0.275. The summed E-state index contributed by atoms with van der Waals surface area (Å²) in [6.07, 6.45) is 0. The first kappa shape index (κ1) is 22.1. The third-order valence-electron chi connectivity index (χ3n) is 4.41. The molecule has 3 rings (SSSR count). The molecule has 0 saturated carbocycles. The largest absolute Gasteiger partial charge is 0.488 e. The van der Waals surface area contributed by atoms with Gasteiger partial charge in [-0.25, -0.2) is 9.59 Å². The average molecular weight is 418 g/mol. The standard InChI is InChI=1S/C26H26O5/c1-15(2)24(27)29-22-18-10-8-9-11-19(18)23(30-25(28)16(3)4)21-14-17(12-13-20(21)22)31-26(5,6)7/h8-14H,1,3H2,2,4-7H3. The van der Waals surface area contributed by atoms with E-state index in [-0.39, 0.29) is 11.1 Å². The van der Waals surface area contributed by atoms with Gasteiger partial charge >= 0.3 is 11.9 Å². The Labute approximate surface area is 181 Å². The van der Waals surface area contributed by atoms with Gasteiger partial charge < -0.3 is 14.2 Å². The fraction of sp³-hybridized carbons (Fsp3) is 0.231. The van der Waals surface area contributed by atoms with Gasteiger partial charge in [-0.05, 0) is 52.8 Å². The summed E-state index contributed by atoms with van der Waals surface area (Å²) in [5.41, 5.74) is 0.133. The zero-order valence-electron chi connectivity index (χ0n) is 18.5. The van der Waals surface area contributed by atoms with Crippen LogP contribution in [-0.2, 0) is 9.59 Å². The topological polar surface area (TPSA) is 61.8 Å². The molecule has 0 spiro atoms. The van der Waals surface area contributed by atoms with Gasteiger partial charge in [-0.2, -0.15) is 0 Å². The molecular formula is C26H26O5. The lowest BCUT2D eigenvalue weighted by Crippen LogP contribution is -2.22. The Balaban J connectivity index is 2.37. The number of fused-ring (bicyclic) bond motifs is 2. The van der Waals surface area contributed by atoms with E-state index in [2.05, 4.69) is 13.2 Å². The number of esters is 2. The Hall–Kier alpha value is -3.60. The maximum atomic E-state index is 12.4. The molecule has 0 amide bonds. The molecular weight excluding hydrogens is 392 g/mol. The van der Waals surface area contributed by atoms with Crippen molar-refractivity contribution in [1.29, 1.82) is 0 Å². The fourth-order valence-corrected chi connectivity index (χ4v) is 3.08. The number of hydrogen-bond acceptors (Lipinski definition) is 5. The third kappa shape index (κ3) is 4.77. The quantitative estimate of drug-likeness (QED) is 0.216. The molecule has 0 N–H and O–H groups in total. The van der Waals surface area contributed by atoms with Gasteiger partial charge in [0.1, 0.15) is 22.8 Å². The SMILES string of the molecule is C=C(C)C(=O)Oc1c2ccccc2c(OC(=O)C(=C)C)c2cc(OC(C)(C)C)ccc12. The number of rotatable bonds is 5. The zero-order valence-corrected chi connectivity index (χ0v) is 18.5. The molecule has 0 aliphatic carbocycles. The van der Waals surface area contributed by atoms with Crippen LogP contribution in [0.2, 0.25) is 0 Å². The van der Waals surface area contributed by atoms with Gasteiger partial charge in [-0.1, -0.05) is 37.4 Å². The van der Waals surface area contributed by atoms with E-state index in [1.54, 1.807) is 32.0 Å². The minimum Gasteiger partial charge on any atom is -0.488 e. The van der Waals surface area contributed by atoms with E-state index in [0.717, 1.165) is 0 Å². The highest BCUT2D eigenvalue weighted by atomic mass is 16.5. The Kier molecular flexibility index (Phi) is 5.89. The van der Waals surface area contributed by atoms with Crippen LogP contribution in [0.3, 0.4) is 0 Å². The predicted molar refractivity (Wildman–Crippen MR) is 123 cm³/mol. The van der Waals surface area contributed by atoms with Crippen molar-refractivity contribution in [3.63, 3.8) is 0 Å². The zero-order chi connectivity index (χ0) is 22.9.